The molecule has 0 bridgehead atoms. The van der Waals surface area contributed by atoms with Gasteiger partial charge in [0.25, 0.3) is 5.69 Å². The summed E-state index contributed by atoms with van der Waals surface area (Å²) in [7, 11) is 0. The highest BCUT2D eigenvalue weighted by Crippen LogP contribution is 2.21. The van der Waals surface area contributed by atoms with Crippen molar-refractivity contribution in [2.75, 3.05) is 5.32 Å². The topological polar surface area (TPSA) is 98.3 Å². The van der Waals surface area contributed by atoms with Gasteiger partial charge >= 0.3 is 0 Å². The van der Waals surface area contributed by atoms with Crippen LogP contribution in [-0.4, -0.2) is 16.9 Å². The maximum atomic E-state index is 11.7. The van der Waals surface area contributed by atoms with E-state index >= 15 is 0 Å². The maximum absolute atomic E-state index is 11.7. The normalized spacial score (nSPS) is 11.9. The second-order valence-electron chi connectivity index (χ2n) is 4.14. The number of hydrogen-bond donors (Lipinski definition) is 2. The van der Waals surface area contributed by atoms with E-state index in [0.717, 1.165) is 6.42 Å². The number of hydrogen-bond acceptors (Lipinski definition) is 4. The van der Waals surface area contributed by atoms with Gasteiger partial charge in [-0.3, -0.25) is 14.9 Å². The molecule has 0 fully saturated rings. The summed E-state index contributed by atoms with van der Waals surface area (Å²) in [4.78, 5) is 21.8. The molecule has 0 aliphatic carbocycles. The molecule has 1 aromatic rings. The van der Waals surface area contributed by atoms with Crippen LogP contribution in [0.3, 0.4) is 0 Å². The lowest BCUT2D eigenvalue weighted by atomic mass is 10.1. The largest absolute Gasteiger partial charge is 0.324 e. The molecule has 0 unspecified atom stereocenters. The van der Waals surface area contributed by atoms with Crippen LogP contribution in [0.4, 0.5) is 11.4 Å². The van der Waals surface area contributed by atoms with E-state index in [2.05, 4.69) is 5.32 Å². The summed E-state index contributed by atoms with van der Waals surface area (Å²) in [6.45, 7) is 3.65. The number of nitro benzene ring substituents is 1. The Morgan fingerprint density at radius 1 is 1.56 bits per heavy atom. The van der Waals surface area contributed by atoms with Crippen molar-refractivity contribution in [3.8, 4) is 0 Å². The molecule has 0 heterocycles. The average Bonchev–Trinajstić information content (AvgIpc) is 2.31. The van der Waals surface area contributed by atoms with Crippen LogP contribution in [0.2, 0.25) is 0 Å². The summed E-state index contributed by atoms with van der Waals surface area (Å²) < 4.78 is 0. The Morgan fingerprint density at radius 3 is 2.72 bits per heavy atom. The van der Waals surface area contributed by atoms with Gasteiger partial charge in [0.2, 0.25) is 5.91 Å². The van der Waals surface area contributed by atoms with Gasteiger partial charge in [0.05, 0.1) is 11.0 Å². The smallest absolute Gasteiger partial charge is 0.269 e. The molecule has 0 radical (unpaired) electrons. The third-order valence-corrected chi connectivity index (χ3v) is 2.62. The Kier molecular flexibility index (Phi) is 4.79. The second kappa shape index (κ2) is 6.11. The van der Waals surface area contributed by atoms with Crippen LogP contribution in [0.5, 0.6) is 0 Å². The molecule has 0 saturated heterocycles. The third kappa shape index (κ3) is 3.53. The van der Waals surface area contributed by atoms with Gasteiger partial charge < -0.3 is 11.1 Å². The average molecular weight is 251 g/mol. The first-order chi connectivity index (χ1) is 8.45. The summed E-state index contributed by atoms with van der Waals surface area (Å²) in [6, 6.07) is 3.74. The number of nitro groups is 1. The van der Waals surface area contributed by atoms with Gasteiger partial charge in [0.1, 0.15) is 0 Å². The van der Waals surface area contributed by atoms with E-state index < -0.39 is 11.0 Å². The number of non-ortho nitro benzene ring substituents is 1. The number of rotatable bonds is 5. The predicted molar refractivity (Wildman–Crippen MR) is 69.3 cm³/mol. The Hall–Kier alpha value is -1.95. The molecule has 98 valence electrons. The highest BCUT2D eigenvalue weighted by molar-refractivity contribution is 5.95. The number of anilines is 1. The molecule has 18 heavy (non-hydrogen) atoms. The molecule has 1 amide bonds. The van der Waals surface area contributed by atoms with E-state index in [1.807, 2.05) is 6.92 Å². The van der Waals surface area contributed by atoms with E-state index in [1.165, 1.54) is 18.2 Å². The molecule has 0 aliphatic heterocycles. The van der Waals surface area contributed by atoms with Gasteiger partial charge in [-0.25, -0.2) is 0 Å². The van der Waals surface area contributed by atoms with Crippen molar-refractivity contribution < 1.29 is 9.72 Å². The highest BCUT2D eigenvalue weighted by atomic mass is 16.6. The Morgan fingerprint density at radius 2 is 2.22 bits per heavy atom. The molecule has 0 spiro atoms. The fourth-order valence-corrected chi connectivity index (χ4v) is 1.57. The summed E-state index contributed by atoms with van der Waals surface area (Å²) in [5.41, 5.74) is 6.88. The van der Waals surface area contributed by atoms with E-state index in [9.17, 15) is 14.9 Å². The number of nitrogens with one attached hydrogen (secondary N) is 1. The van der Waals surface area contributed by atoms with Crippen LogP contribution in [0.15, 0.2) is 18.2 Å². The zero-order chi connectivity index (χ0) is 13.7. The summed E-state index contributed by atoms with van der Waals surface area (Å²) >= 11 is 0. The van der Waals surface area contributed by atoms with Gasteiger partial charge in [-0.05, 0) is 25.0 Å². The van der Waals surface area contributed by atoms with E-state index in [-0.39, 0.29) is 11.6 Å². The SMILES string of the molecule is CCC[C@H](N)C(=O)Nc1ccc([N+](=O)[O-])cc1C. The minimum absolute atomic E-state index is 0.00311. The lowest BCUT2D eigenvalue weighted by Gasteiger charge is -2.12. The number of benzene rings is 1. The maximum Gasteiger partial charge on any atom is 0.269 e. The van der Waals surface area contributed by atoms with Gasteiger partial charge in [-0.1, -0.05) is 13.3 Å². The van der Waals surface area contributed by atoms with Gasteiger partial charge in [0, 0.05) is 17.8 Å². The van der Waals surface area contributed by atoms with Gasteiger partial charge in [-0.15, -0.1) is 0 Å². The standard InChI is InChI=1S/C12H17N3O3/c1-3-4-10(13)12(16)14-11-6-5-9(15(17)18)7-8(11)2/h5-7,10H,3-4,13H2,1-2H3,(H,14,16)/t10-/m0/s1. The molecule has 0 aromatic heterocycles. The van der Waals surface area contributed by atoms with Crippen LogP contribution >= 0.6 is 0 Å². The Bertz CT molecular complexity index is 460. The highest BCUT2D eigenvalue weighted by Gasteiger charge is 2.14. The molecular weight excluding hydrogens is 234 g/mol. The molecule has 0 aliphatic rings. The molecule has 3 N–H and O–H groups in total. The van der Waals surface area contributed by atoms with Crippen LogP contribution in [-0.2, 0) is 4.79 Å². The molecule has 6 nitrogen and oxygen atoms in total. The van der Waals surface area contributed by atoms with Crippen molar-refractivity contribution in [2.24, 2.45) is 5.73 Å². The molecule has 6 heteroatoms. The van der Waals surface area contributed by atoms with E-state index in [0.29, 0.717) is 17.7 Å². The first-order valence-corrected chi connectivity index (χ1v) is 5.77. The first kappa shape index (κ1) is 14.1. The zero-order valence-electron chi connectivity index (χ0n) is 10.5. The molecule has 1 rings (SSSR count). The minimum atomic E-state index is -0.551. The lowest BCUT2D eigenvalue weighted by molar-refractivity contribution is -0.384. The minimum Gasteiger partial charge on any atom is -0.324 e. The van der Waals surface area contributed by atoms with E-state index in [4.69, 9.17) is 5.73 Å². The molecule has 0 saturated carbocycles. The van der Waals surface area contributed by atoms with Crippen LogP contribution in [0.1, 0.15) is 25.3 Å². The summed E-state index contributed by atoms with van der Waals surface area (Å²) in [5, 5.41) is 13.3. The second-order valence-corrected chi connectivity index (χ2v) is 4.14. The quantitative estimate of drug-likeness (QED) is 0.617. The van der Waals surface area contributed by atoms with Crippen LogP contribution in [0.25, 0.3) is 0 Å². The van der Waals surface area contributed by atoms with Crippen molar-refractivity contribution in [3.05, 3.63) is 33.9 Å². The first-order valence-electron chi connectivity index (χ1n) is 5.77. The number of carbonyl (C=O) groups is 1. The fraction of sp³-hybridized carbons (Fsp3) is 0.417. The lowest BCUT2D eigenvalue weighted by Crippen LogP contribution is -2.35. The summed E-state index contributed by atoms with van der Waals surface area (Å²) in [6.07, 6.45) is 1.44. The fourth-order valence-electron chi connectivity index (χ4n) is 1.57. The summed E-state index contributed by atoms with van der Waals surface area (Å²) in [5.74, 6) is -0.270. The van der Waals surface area contributed by atoms with E-state index in [1.54, 1.807) is 6.92 Å². The van der Waals surface area contributed by atoms with Gasteiger partial charge in [0.15, 0.2) is 0 Å². The third-order valence-electron chi connectivity index (χ3n) is 2.62. The number of nitrogens with zero attached hydrogens (tertiary/aromatic N) is 1. The Balaban J connectivity index is 2.79. The van der Waals surface area contributed by atoms with Crippen molar-refractivity contribution in [2.45, 2.75) is 32.7 Å². The van der Waals surface area contributed by atoms with Crippen LogP contribution in [0, 0.1) is 17.0 Å². The monoisotopic (exact) mass is 251 g/mol. The molecule has 1 aromatic carbocycles. The number of aryl methyl sites for hydroxylation is 1. The molecule has 1 atom stereocenters. The van der Waals surface area contributed by atoms with Crippen molar-refractivity contribution in [1.29, 1.82) is 0 Å². The van der Waals surface area contributed by atoms with Crippen molar-refractivity contribution >= 4 is 17.3 Å². The Labute approximate surface area is 105 Å². The predicted octanol–water partition coefficient (Wildman–Crippen LogP) is 1.97. The number of carbonyl (C=O) groups excluding carboxylic acids is 1. The van der Waals surface area contributed by atoms with Crippen LogP contribution < -0.4 is 11.1 Å². The van der Waals surface area contributed by atoms with Gasteiger partial charge in [-0.2, -0.15) is 0 Å². The zero-order valence-corrected chi connectivity index (χ0v) is 10.5. The molecular formula is C12H17N3O3. The number of amides is 1. The number of nitrogens with two attached hydrogens (primary N) is 1. The van der Waals surface area contributed by atoms with Crippen molar-refractivity contribution in [1.82, 2.24) is 0 Å². The van der Waals surface area contributed by atoms with Crippen molar-refractivity contribution in [3.63, 3.8) is 0 Å².